The highest BCUT2D eigenvalue weighted by molar-refractivity contribution is 6.09. The number of aromatic hydroxyl groups is 2. The summed E-state index contributed by atoms with van der Waals surface area (Å²) in [7, 11) is 0. The Kier molecular flexibility index (Phi) is 4.18. The third-order valence-corrected chi connectivity index (χ3v) is 3.80. The van der Waals surface area contributed by atoms with Gasteiger partial charge in [0.05, 0.1) is 11.4 Å². The molecule has 3 aromatic rings. The summed E-state index contributed by atoms with van der Waals surface area (Å²) in [6.07, 6.45) is 0. The third kappa shape index (κ3) is 3.32. The fourth-order valence-corrected chi connectivity index (χ4v) is 2.47. The average molecular weight is 335 g/mol. The number of carbonyl (C=O) groups excluding carboxylic acids is 1. The molecule has 0 spiro atoms. The number of carbonyl (C=O) groups is 1. The SMILES string of the molecule is Nc1cc(NC(=O)c2ccccc2-c2ccc(N)c(O)c2)ccc1O. The van der Waals surface area contributed by atoms with E-state index >= 15 is 0 Å². The summed E-state index contributed by atoms with van der Waals surface area (Å²) in [4.78, 5) is 12.7. The van der Waals surface area contributed by atoms with E-state index < -0.39 is 0 Å². The molecule has 6 heteroatoms. The summed E-state index contributed by atoms with van der Waals surface area (Å²) in [6, 6.07) is 16.3. The predicted molar refractivity (Wildman–Crippen MR) is 98.4 cm³/mol. The number of nitrogens with two attached hydrogens (primary N) is 2. The molecule has 25 heavy (non-hydrogen) atoms. The molecular formula is C19H17N3O3. The molecule has 0 heterocycles. The van der Waals surface area contributed by atoms with Gasteiger partial charge in [-0.05, 0) is 47.5 Å². The van der Waals surface area contributed by atoms with E-state index in [4.69, 9.17) is 11.5 Å². The fraction of sp³-hybridized carbons (Fsp3) is 0. The molecule has 0 saturated carbocycles. The molecule has 0 atom stereocenters. The standard InChI is InChI=1S/C19H17N3O3/c20-15-7-5-11(9-18(15)24)13-3-1-2-4-14(13)19(25)22-12-6-8-17(23)16(21)10-12/h1-10,23-24H,20-21H2,(H,22,25). The van der Waals surface area contributed by atoms with Crippen molar-refractivity contribution in [1.82, 2.24) is 0 Å². The van der Waals surface area contributed by atoms with E-state index in [9.17, 15) is 15.0 Å². The van der Waals surface area contributed by atoms with Crippen molar-refractivity contribution in [3.8, 4) is 22.6 Å². The minimum atomic E-state index is -0.336. The molecule has 126 valence electrons. The van der Waals surface area contributed by atoms with Crippen LogP contribution < -0.4 is 16.8 Å². The number of anilines is 3. The van der Waals surface area contributed by atoms with Crippen LogP contribution in [0.15, 0.2) is 60.7 Å². The van der Waals surface area contributed by atoms with Gasteiger partial charge in [0.15, 0.2) is 0 Å². The van der Waals surface area contributed by atoms with Crippen LogP contribution in [0.2, 0.25) is 0 Å². The van der Waals surface area contributed by atoms with E-state index in [0.29, 0.717) is 22.4 Å². The van der Waals surface area contributed by atoms with Crippen LogP contribution in [0.5, 0.6) is 11.5 Å². The largest absolute Gasteiger partial charge is 0.506 e. The number of hydrogen-bond donors (Lipinski definition) is 5. The third-order valence-electron chi connectivity index (χ3n) is 3.80. The van der Waals surface area contributed by atoms with E-state index in [1.54, 1.807) is 42.5 Å². The molecule has 0 saturated heterocycles. The zero-order chi connectivity index (χ0) is 18.0. The first-order chi connectivity index (χ1) is 12.0. The molecule has 0 aliphatic heterocycles. The van der Waals surface area contributed by atoms with E-state index in [1.807, 2.05) is 0 Å². The number of phenols is 2. The zero-order valence-corrected chi connectivity index (χ0v) is 13.2. The molecule has 0 aromatic heterocycles. The number of amides is 1. The van der Waals surface area contributed by atoms with Crippen LogP contribution in [0.1, 0.15) is 10.4 Å². The highest BCUT2D eigenvalue weighted by Gasteiger charge is 2.14. The first-order valence-corrected chi connectivity index (χ1v) is 7.53. The van der Waals surface area contributed by atoms with Gasteiger partial charge in [-0.1, -0.05) is 24.3 Å². The molecule has 1 amide bonds. The molecule has 3 rings (SSSR count). The van der Waals surface area contributed by atoms with Crippen LogP contribution in [-0.4, -0.2) is 16.1 Å². The lowest BCUT2D eigenvalue weighted by Crippen LogP contribution is -2.13. The number of rotatable bonds is 3. The Morgan fingerprint density at radius 1 is 0.840 bits per heavy atom. The second-order valence-corrected chi connectivity index (χ2v) is 5.55. The minimum absolute atomic E-state index is 0.0426. The Hall–Kier alpha value is -3.67. The van der Waals surface area contributed by atoms with E-state index in [-0.39, 0.29) is 28.8 Å². The van der Waals surface area contributed by atoms with Crippen molar-refractivity contribution >= 4 is 23.0 Å². The summed E-state index contributed by atoms with van der Waals surface area (Å²) in [6.45, 7) is 0. The molecule has 6 nitrogen and oxygen atoms in total. The van der Waals surface area contributed by atoms with Crippen LogP contribution in [0.4, 0.5) is 17.1 Å². The summed E-state index contributed by atoms with van der Waals surface area (Å²) < 4.78 is 0. The summed E-state index contributed by atoms with van der Waals surface area (Å²) in [5.41, 5.74) is 13.9. The summed E-state index contributed by atoms with van der Waals surface area (Å²) in [5, 5.41) is 22.0. The van der Waals surface area contributed by atoms with Gasteiger partial charge in [-0.2, -0.15) is 0 Å². The van der Waals surface area contributed by atoms with Gasteiger partial charge < -0.3 is 27.0 Å². The lowest BCUT2D eigenvalue weighted by Gasteiger charge is -2.12. The Bertz CT molecular complexity index is 954. The van der Waals surface area contributed by atoms with Crippen LogP contribution in [0, 0.1) is 0 Å². The highest BCUT2D eigenvalue weighted by Crippen LogP contribution is 2.31. The molecule has 7 N–H and O–H groups in total. The Balaban J connectivity index is 1.95. The zero-order valence-electron chi connectivity index (χ0n) is 13.2. The van der Waals surface area contributed by atoms with Gasteiger partial charge in [0.2, 0.25) is 0 Å². The van der Waals surface area contributed by atoms with Crippen molar-refractivity contribution in [1.29, 1.82) is 0 Å². The molecule has 0 radical (unpaired) electrons. The van der Waals surface area contributed by atoms with Gasteiger partial charge in [0, 0.05) is 11.3 Å². The van der Waals surface area contributed by atoms with Crippen molar-refractivity contribution in [2.75, 3.05) is 16.8 Å². The molecule has 0 aliphatic rings. The molecule has 0 unspecified atom stereocenters. The smallest absolute Gasteiger partial charge is 0.256 e. The first kappa shape index (κ1) is 16.2. The van der Waals surface area contributed by atoms with Gasteiger partial charge in [-0.15, -0.1) is 0 Å². The normalized spacial score (nSPS) is 10.4. The Labute approximate surface area is 144 Å². The van der Waals surface area contributed by atoms with E-state index in [0.717, 1.165) is 0 Å². The van der Waals surface area contributed by atoms with Gasteiger partial charge in [-0.3, -0.25) is 4.79 Å². The van der Waals surface area contributed by atoms with Crippen LogP contribution in [0.3, 0.4) is 0 Å². The van der Waals surface area contributed by atoms with Gasteiger partial charge in [0.25, 0.3) is 5.91 Å². The van der Waals surface area contributed by atoms with Crippen LogP contribution in [0.25, 0.3) is 11.1 Å². The maximum atomic E-state index is 12.7. The maximum absolute atomic E-state index is 12.7. The van der Waals surface area contributed by atoms with Crippen LogP contribution in [-0.2, 0) is 0 Å². The number of benzene rings is 3. The second kappa shape index (κ2) is 6.45. The lowest BCUT2D eigenvalue weighted by atomic mass is 9.98. The van der Waals surface area contributed by atoms with Crippen LogP contribution >= 0.6 is 0 Å². The number of phenolic OH excluding ortho intramolecular Hbond substituents is 2. The second-order valence-electron chi connectivity index (χ2n) is 5.55. The molecule has 3 aromatic carbocycles. The summed E-state index contributed by atoms with van der Waals surface area (Å²) >= 11 is 0. The van der Waals surface area contributed by atoms with Crippen molar-refractivity contribution < 1.29 is 15.0 Å². The fourth-order valence-electron chi connectivity index (χ4n) is 2.47. The topological polar surface area (TPSA) is 122 Å². The number of nitrogen functional groups attached to an aromatic ring is 2. The van der Waals surface area contributed by atoms with E-state index in [2.05, 4.69) is 5.32 Å². The molecule has 0 aliphatic carbocycles. The van der Waals surface area contributed by atoms with Crippen molar-refractivity contribution in [3.05, 3.63) is 66.2 Å². The highest BCUT2D eigenvalue weighted by atomic mass is 16.3. The van der Waals surface area contributed by atoms with Gasteiger partial charge in [0.1, 0.15) is 11.5 Å². The maximum Gasteiger partial charge on any atom is 0.256 e. The monoisotopic (exact) mass is 335 g/mol. The molecule has 0 bridgehead atoms. The molecule has 0 fully saturated rings. The summed E-state index contributed by atoms with van der Waals surface area (Å²) in [5.74, 6) is -0.424. The number of hydrogen-bond acceptors (Lipinski definition) is 5. The lowest BCUT2D eigenvalue weighted by molar-refractivity contribution is 0.102. The predicted octanol–water partition coefficient (Wildman–Crippen LogP) is 3.18. The minimum Gasteiger partial charge on any atom is -0.506 e. The Morgan fingerprint density at radius 2 is 1.60 bits per heavy atom. The van der Waals surface area contributed by atoms with Crippen molar-refractivity contribution in [2.24, 2.45) is 0 Å². The van der Waals surface area contributed by atoms with Crippen molar-refractivity contribution in [2.45, 2.75) is 0 Å². The molecular weight excluding hydrogens is 318 g/mol. The number of nitrogens with one attached hydrogen (secondary N) is 1. The van der Waals surface area contributed by atoms with Crippen molar-refractivity contribution in [3.63, 3.8) is 0 Å². The quantitative estimate of drug-likeness (QED) is 0.286. The Morgan fingerprint density at radius 3 is 2.32 bits per heavy atom. The van der Waals surface area contributed by atoms with Gasteiger partial charge in [-0.25, -0.2) is 0 Å². The van der Waals surface area contributed by atoms with E-state index in [1.165, 1.54) is 18.2 Å². The first-order valence-electron chi connectivity index (χ1n) is 7.53. The van der Waals surface area contributed by atoms with Gasteiger partial charge >= 0.3 is 0 Å². The average Bonchev–Trinajstić information content (AvgIpc) is 2.60.